The minimum absolute atomic E-state index is 0.211. The molecule has 0 atom stereocenters. The van der Waals surface area contributed by atoms with E-state index in [0.717, 1.165) is 11.1 Å². The summed E-state index contributed by atoms with van der Waals surface area (Å²) in [7, 11) is 4.64. The Kier molecular flexibility index (Phi) is 6.23. The van der Waals surface area contributed by atoms with Gasteiger partial charge in [-0.2, -0.15) is 5.26 Å². The maximum Gasteiger partial charge on any atom is 0.221 e. The van der Waals surface area contributed by atoms with Crippen LogP contribution in [0.5, 0.6) is 17.2 Å². The van der Waals surface area contributed by atoms with Crippen molar-refractivity contribution in [3.05, 3.63) is 53.6 Å². The molecule has 0 unspecified atom stereocenters. The van der Waals surface area contributed by atoms with Crippen LogP contribution in [0.25, 0.3) is 5.57 Å². The molecule has 6 heteroatoms. The standard InChI is InChI=1S/C20H20N2O4/c1-13(23)22-17-11-14(5-7-18(17)24-2)16(9-10-21)15-6-8-19(25-3)20(12-15)26-4/h5-9,11-12H,1-4H3,(H,22,23)/b16-9-. The predicted octanol–water partition coefficient (Wildman–Crippen LogP) is 3.63. The molecule has 0 aliphatic carbocycles. The fourth-order valence-corrected chi connectivity index (χ4v) is 2.56. The van der Waals surface area contributed by atoms with E-state index >= 15 is 0 Å². The van der Waals surface area contributed by atoms with Gasteiger partial charge in [0, 0.05) is 13.0 Å². The molecule has 0 saturated heterocycles. The second-order valence-corrected chi connectivity index (χ2v) is 5.35. The van der Waals surface area contributed by atoms with Crippen LogP contribution in [0.1, 0.15) is 18.1 Å². The number of hydrogen-bond acceptors (Lipinski definition) is 5. The zero-order valence-corrected chi connectivity index (χ0v) is 15.1. The molecule has 1 N–H and O–H groups in total. The van der Waals surface area contributed by atoms with E-state index in [9.17, 15) is 10.1 Å². The first-order chi connectivity index (χ1) is 12.5. The number of amides is 1. The largest absolute Gasteiger partial charge is 0.495 e. The molecule has 6 nitrogen and oxygen atoms in total. The van der Waals surface area contributed by atoms with Gasteiger partial charge in [-0.05, 0) is 41.0 Å². The van der Waals surface area contributed by atoms with Crippen LogP contribution in [-0.2, 0) is 4.79 Å². The average Bonchev–Trinajstić information content (AvgIpc) is 2.65. The molecule has 0 aromatic heterocycles. The summed E-state index contributed by atoms with van der Waals surface area (Å²) >= 11 is 0. The molecule has 2 aromatic carbocycles. The minimum atomic E-state index is -0.211. The van der Waals surface area contributed by atoms with Gasteiger partial charge in [-0.3, -0.25) is 4.79 Å². The quantitative estimate of drug-likeness (QED) is 0.803. The Hall–Kier alpha value is -3.46. The van der Waals surface area contributed by atoms with Crippen LogP contribution in [0.4, 0.5) is 5.69 Å². The lowest BCUT2D eigenvalue weighted by molar-refractivity contribution is -0.114. The first-order valence-corrected chi connectivity index (χ1v) is 7.82. The van der Waals surface area contributed by atoms with Crippen molar-refractivity contribution in [2.45, 2.75) is 6.92 Å². The summed E-state index contributed by atoms with van der Waals surface area (Å²) in [6, 6.07) is 12.8. The number of hydrogen-bond donors (Lipinski definition) is 1. The first kappa shape index (κ1) is 18.9. The van der Waals surface area contributed by atoms with Crippen molar-refractivity contribution in [3.63, 3.8) is 0 Å². The van der Waals surface area contributed by atoms with Gasteiger partial charge in [-0.1, -0.05) is 12.1 Å². The topological polar surface area (TPSA) is 80.6 Å². The molecule has 0 saturated carbocycles. The van der Waals surface area contributed by atoms with E-state index in [1.165, 1.54) is 20.1 Å². The van der Waals surface area contributed by atoms with E-state index in [1.54, 1.807) is 38.5 Å². The molecular weight excluding hydrogens is 332 g/mol. The summed E-state index contributed by atoms with van der Waals surface area (Å²) in [5.41, 5.74) is 2.75. The number of carbonyl (C=O) groups is 1. The number of benzene rings is 2. The van der Waals surface area contributed by atoms with Gasteiger partial charge in [0.2, 0.25) is 5.91 Å². The molecule has 1 amide bonds. The number of rotatable bonds is 6. The second kappa shape index (κ2) is 8.58. The lowest BCUT2D eigenvalue weighted by Crippen LogP contribution is -2.07. The molecule has 0 heterocycles. The van der Waals surface area contributed by atoms with E-state index in [4.69, 9.17) is 14.2 Å². The molecule has 26 heavy (non-hydrogen) atoms. The lowest BCUT2D eigenvalue weighted by Gasteiger charge is -2.14. The maximum atomic E-state index is 11.4. The SMILES string of the molecule is COc1ccc(/C(=C/C#N)c2ccc(OC)c(OC)c2)cc1NC(C)=O. The number of methoxy groups -OCH3 is 3. The zero-order valence-electron chi connectivity index (χ0n) is 15.1. The van der Waals surface area contributed by atoms with Crippen molar-refractivity contribution in [3.8, 4) is 23.3 Å². The van der Waals surface area contributed by atoms with Crippen LogP contribution in [0.2, 0.25) is 0 Å². The van der Waals surface area contributed by atoms with E-state index < -0.39 is 0 Å². The fourth-order valence-electron chi connectivity index (χ4n) is 2.56. The van der Waals surface area contributed by atoms with Crippen molar-refractivity contribution in [1.82, 2.24) is 0 Å². The van der Waals surface area contributed by atoms with Gasteiger partial charge < -0.3 is 19.5 Å². The van der Waals surface area contributed by atoms with Crippen molar-refractivity contribution in [2.24, 2.45) is 0 Å². The number of nitrogens with one attached hydrogen (secondary N) is 1. The predicted molar refractivity (Wildman–Crippen MR) is 99.5 cm³/mol. The molecular formula is C20H20N2O4. The number of allylic oxidation sites excluding steroid dienone is 1. The average molecular weight is 352 g/mol. The highest BCUT2D eigenvalue weighted by Crippen LogP contribution is 2.35. The van der Waals surface area contributed by atoms with Crippen LogP contribution < -0.4 is 19.5 Å². The molecule has 134 valence electrons. The Bertz CT molecular complexity index is 882. The van der Waals surface area contributed by atoms with Gasteiger partial charge in [-0.25, -0.2) is 0 Å². The molecule has 0 aliphatic rings. The summed E-state index contributed by atoms with van der Waals surface area (Å²) < 4.78 is 15.9. The third kappa shape index (κ3) is 4.14. The molecule has 0 radical (unpaired) electrons. The number of ether oxygens (including phenoxy) is 3. The molecule has 0 aliphatic heterocycles. The Morgan fingerprint density at radius 2 is 1.54 bits per heavy atom. The van der Waals surface area contributed by atoms with Gasteiger partial charge in [0.25, 0.3) is 0 Å². The van der Waals surface area contributed by atoms with Crippen LogP contribution >= 0.6 is 0 Å². The lowest BCUT2D eigenvalue weighted by atomic mass is 9.96. The summed E-state index contributed by atoms with van der Waals surface area (Å²) in [5.74, 6) is 1.48. The normalized spacial score (nSPS) is 10.7. The summed E-state index contributed by atoms with van der Waals surface area (Å²) in [6.45, 7) is 1.42. The molecule has 2 rings (SSSR count). The minimum Gasteiger partial charge on any atom is -0.495 e. The maximum absolute atomic E-state index is 11.4. The Morgan fingerprint density at radius 1 is 0.962 bits per heavy atom. The van der Waals surface area contributed by atoms with Gasteiger partial charge in [-0.15, -0.1) is 0 Å². The Morgan fingerprint density at radius 3 is 2.08 bits per heavy atom. The zero-order chi connectivity index (χ0) is 19.1. The van der Waals surface area contributed by atoms with Crippen LogP contribution in [0, 0.1) is 11.3 Å². The molecule has 0 bridgehead atoms. The third-order valence-electron chi connectivity index (χ3n) is 3.72. The fraction of sp³-hybridized carbons (Fsp3) is 0.200. The number of nitrogens with zero attached hydrogens (tertiary/aromatic N) is 1. The summed E-state index contributed by atoms with van der Waals surface area (Å²) in [4.78, 5) is 11.4. The van der Waals surface area contributed by atoms with Crippen molar-refractivity contribution in [1.29, 1.82) is 5.26 Å². The van der Waals surface area contributed by atoms with Crippen molar-refractivity contribution < 1.29 is 19.0 Å². The molecule has 0 fully saturated rings. The van der Waals surface area contributed by atoms with Gasteiger partial charge in [0.1, 0.15) is 5.75 Å². The number of carbonyl (C=O) groups excluding carboxylic acids is 1. The van der Waals surface area contributed by atoms with E-state index in [1.807, 2.05) is 12.1 Å². The first-order valence-electron chi connectivity index (χ1n) is 7.82. The van der Waals surface area contributed by atoms with E-state index in [-0.39, 0.29) is 5.91 Å². The monoisotopic (exact) mass is 352 g/mol. The van der Waals surface area contributed by atoms with Crippen molar-refractivity contribution in [2.75, 3.05) is 26.6 Å². The van der Waals surface area contributed by atoms with E-state index in [0.29, 0.717) is 28.5 Å². The Labute approximate surface area is 152 Å². The van der Waals surface area contributed by atoms with E-state index in [2.05, 4.69) is 11.4 Å². The molecule has 2 aromatic rings. The van der Waals surface area contributed by atoms with Gasteiger partial charge in [0.15, 0.2) is 11.5 Å². The Balaban J connectivity index is 2.57. The van der Waals surface area contributed by atoms with Crippen LogP contribution in [-0.4, -0.2) is 27.2 Å². The smallest absolute Gasteiger partial charge is 0.221 e. The van der Waals surface area contributed by atoms with Crippen molar-refractivity contribution >= 4 is 17.2 Å². The van der Waals surface area contributed by atoms with Crippen LogP contribution in [0.3, 0.4) is 0 Å². The summed E-state index contributed by atoms with van der Waals surface area (Å²) in [6.07, 6.45) is 1.45. The highest BCUT2D eigenvalue weighted by Gasteiger charge is 2.13. The highest BCUT2D eigenvalue weighted by atomic mass is 16.5. The van der Waals surface area contributed by atoms with Gasteiger partial charge >= 0.3 is 0 Å². The second-order valence-electron chi connectivity index (χ2n) is 5.35. The number of anilines is 1. The highest BCUT2D eigenvalue weighted by molar-refractivity contribution is 5.92. The van der Waals surface area contributed by atoms with Gasteiger partial charge in [0.05, 0.1) is 33.1 Å². The summed E-state index contributed by atoms with van der Waals surface area (Å²) in [5, 5.41) is 12.0. The molecule has 0 spiro atoms. The third-order valence-corrected chi connectivity index (χ3v) is 3.72. The van der Waals surface area contributed by atoms with Crippen LogP contribution in [0.15, 0.2) is 42.5 Å². The number of nitriles is 1.